The summed E-state index contributed by atoms with van der Waals surface area (Å²) in [5, 5.41) is 0.629. The molecule has 1 aromatic carbocycles. The van der Waals surface area contributed by atoms with Crippen LogP contribution in [0.25, 0.3) is 0 Å². The molecule has 0 radical (unpaired) electrons. The van der Waals surface area contributed by atoms with Gasteiger partial charge in [-0.15, -0.1) is 4.72 Å². The Bertz CT molecular complexity index is 353. The fraction of sp³-hybridized carbons (Fsp3) is 0.400. The van der Waals surface area contributed by atoms with E-state index in [4.69, 9.17) is 11.6 Å². The van der Waals surface area contributed by atoms with Crippen LogP contribution in [0.2, 0.25) is 5.02 Å². The van der Waals surface area contributed by atoms with Gasteiger partial charge in [-0.1, -0.05) is 30.7 Å². The molecule has 0 saturated heterocycles. The van der Waals surface area contributed by atoms with Crippen molar-refractivity contribution in [1.82, 2.24) is 4.72 Å². The minimum Gasteiger partial charge on any atom is -0.168 e. The van der Waals surface area contributed by atoms with Crippen molar-refractivity contribution >= 4 is 22.0 Å². The maximum atomic E-state index is 11.6. The molecule has 1 atom stereocenters. The van der Waals surface area contributed by atoms with Crippen LogP contribution >= 0.6 is 11.6 Å². The van der Waals surface area contributed by atoms with E-state index < -0.39 is 10.4 Å². The van der Waals surface area contributed by atoms with Gasteiger partial charge in [-0.05, 0) is 22.8 Å². The number of rotatable bonds is 5. The first kappa shape index (κ1) is 12.6. The molecule has 0 aromatic heterocycles. The molecule has 3 nitrogen and oxygen atoms in total. The molecular weight excluding hydrogens is 234 g/mol. The van der Waals surface area contributed by atoms with Gasteiger partial charge in [0.1, 0.15) is 0 Å². The number of nitrogens with one attached hydrogen (secondary N) is 1. The lowest BCUT2D eigenvalue weighted by Crippen LogP contribution is -2.31. The SMILES string of the molecule is CCCN[S+](=O)(O)Cc1ccc(Cl)cc1. The second-order valence-corrected chi connectivity index (χ2v) is 5.60. The molecule has 84 valence electrons. The highest BCUT2D eigenvalue weighted by atomic mass is 35.5. The van der Waals surface area contributed by atoms with Gasteiger partial charge in [-0.3, -0.25) is 0 Å². The molecule has 1 unspecified atom stereocenters. The molecule has 15 heavy (non-hydrogen) atoms. The van der Waals surface area contributed by atoms with Crippen molar-refractivity contribution in [3.63, 3.8) is 0 Å². The quantitative estimate of drug-likeness (QED) is 0.788. The van der Waals surface area contributed by atoms with Gasteiger partial charge >= 0.3 is 0 Å². The van der Waals surface area contributed by atoms with Gasteiger partial charge in [0, 0.05) is 17.1 Å². The largest absolute Gasteiger partial charge is 0.293 e. The molecule has 5 heteroatoms. The van der Waals surface area contributed by atoms with E-state index in [0.717, 1.165) is 12.0 Å². The Morgan fingerprint density at radius 2 is 2.00 bits per heavy atom. The second-order valence-electron chi connectivity index (χ2n) is 3.31. The van der Waals surface area contributed by atoms with Gasteiger partial charge in [0.15, 0.2) is 5.75 Å². The van der Waals surface area contributed by atoms with Gasteiger partial charge in [-0.25, -0.2) is 0 Å². The zero-order valence-electron chi connectivity index (χ0n) is 8.57. The van der Waals surface area contributed by atoms with Gasteiger partial charge in [0.25, 0.3) is 10.4 Å². The van der Waals surface area contributed by atoms with Gasteiger partial charge in [0.2, 0.25) is 0 Å². The highest BCUT2D eigenvalue weighted by Crippen LogP contribution is 2.13. The minimum atomic E-state index is -2.95. The maximum Gasteiger partial charge on any atom is 0.293 e. The Balaban J connectivity index is 2.60. The zero-order chi connectivity index (χ0) is 11.3. The zero-order valence-corrected chi connectivity index (χ0v) is 10.1. The van der Waals surface area contributed by atoms with E-state index in [1.165, 1.54) is 0 Å². The predicted octanol–water partition coefficient (Wildman–Crippen LogP) is 2.73. The summed E-state index contributed by atoms with van der Waals surface area (Å²) in [6, 6.07) is 6.94. The standard InChI is InChI=1S/C10H14ClNO2S/c1-2-7-12-15(13,14)8-9-3-5-10(11)6-4-9/h3-6H,2,7-8H2,1H3,(H-,12,13,14)/p+1. The van der Waals surface area contributed by atoms with Crippen LogP contribution in [-0.2, 0) is 20.4 Å². The van der Waals surface area contributed by atoms with E-state index in [1.807, 2.05) is 6.92 Å². The molecule has 1 rings (SSSR count). The van der Waals surface area contributed by atoms with Gasteiger partial charge in [-0.2, -0.15) is 4.55 Å². The maximum absolute atomic E-state index is 11.6. The summed E-state index contributed by atoms with van der Waals surface area (Å²) in [5.41, 5.74) is 0.801. The minimum absolute atomic E-state index is 0.115. The van der Waals surface area contributed by atoms with Crippen LogP contribution in [0.5, 0.6) is 0 Å². The van der Waals surface area contributed by atoms with Crippen LogP contribution in [0.1, 0.15) is 18.9 Å². The third kappa shape index (κ3) is 4.75. The van der Waals surface area contributed by atoms with Gasteiger partial charge < -0.3 is 0 Å². The lowest BCUT2D eigenvalue weighted by Gasteiger charge is -2.05. The molecule has 0 bridgehead atoms. The predicted molar refractivity (Wildman–Crippen MR) is 64.1 cm³/mol. The summed E-state index contributed by atoms with van der Waals surface area (Å²) in [6.07, 6.45) is 0.832. The molecule has 2 N–H and O–H groups in total. The molecule has 0 heterocycles. The van der Waals surface area contributed by atoms with E-state index in [1.54, 1.807) is 24.3 Å². The second kappa shape index (κ2) is 5.61. The summed E-state index contributed by atoms with van der Waals surface area (Å²) in [7, 11) is -2.95. The lowest BCUT2D eigenvalue weighted by atomic mass is 10.2. The van der Waals surface area contributed by atoms with Crippen LogP contribution < -0.4 is 4.72 Å². The van der Waals surface area contributed by atoms with Crippen molar-refractivity contribution in [2.24, 2.45) is 0 Å². The number of hydrogen-bond donors (Lipinski definition) is 2. The van der Waals surface area contributed by atoms with E-state index in [9.17, 15) is 8.76 Å². The van der Waals surface area contributed by atoms with Crippen LogP contribution in [0.4, 0.5) is 0 Å². The van der Waals surface area contributed by atoms with Crippen molar-refractivity contribution in [1.29, 1.82) is 0 Å². The molecule has 0 aliphatic rings. The first-order chi connectivity index (χ1) is 7.03. The molecule has 0 aliphatic carbocycles. The number of benzene rings is 1. The Kier molecular flexibility index (Phi) is 4.73. The first-order valence-corrected chi connectivity index (χ1v) is 6.83. The van der Waals surface area contributed by atoms with Crippen molar-refractivity contribution in [2.75, 3.05) is 6.54 Å². The highest BCUT2D eigenvalue weighted by Gasteiger charge is 2.24. The van der Waals surface area contributed by atoms with Crippen molar-refractivity contribution in [3.05, 3.63) is 34.9 Å². The first-order valence-electron chi connectivity index (χ1n) is 4.77. The fourth-order valence-electron chi connectivity index (χ4n) is 1.12. The molecule has 1 aromatic rings. The van der Waals surface area contributed by atoms with E-state index in [-0.39, 0.29) is 5.75 Å². The van der Waals surface area contributed by atoms with Crippen LogP contribution in [0, 0.1) is 0 Å². The lowest BCUT2D eigenvalue weighted by molar-refractivity contribution is 0.482. The van der Waals surface area contributed by atoms with Gasteiger partial charge in [0.05, 0.1) is 0 Å². The normalized spacial score (nSPS) is 14.9. The third-order valence-electron chi connectivity index (χ3n) is 1.85. The van der Waals surface area contributed by atoms with Crippen molar-refractivity contribution < 1.29 is 8.76 Å². The highest BCUT2D eigenvalue weighted by molar-refractivity contribution is 7.95. The Hall–Kier alpha value is -0.420. The van der Waals surface area contributed by atoms with Crippen molar-refractivity contribution in [3.8, 4) is 0 Å². The average Bonchev–Trinajstić information content (AvgIpc) is 2.18. The molecule has 0 aliphatic heterocycles. The number of hydrogen-bond acceptors (Lipinski definition) is 1. The molecule has 0 saturated carbocycles. The number of halogens is 1. The third-order valence-corrected chi connectivity index (χ3v) is 3.48. The molecular formula is C10H15ClNO2S+. The summed E-state index contributed by atoms with van der Waals surface area (Å²) in [4.78, 5) is 0. The summed E-state index contributed by atoms with van der Waals surface area (Å²) in [6.45, 7) is 2.49. The molecule has 0 amide bonds. The topological polar surface area (TPSA) is 49.3 Å². The van der Waals surface area contributed by atoms with Crippen LogP contribution in [0.15, 0.2) is 24.3 Å². The fourth-order valence-corrected chi connectivity index (χ4v) is 2.51. The summed E-state index contributed by atoms with van der Waals surface area (Å²) in [5.74, 6) is 0.115. The van der Waals surface area contributed by atoms with Crippen LogP contribution in [-0.4, -0.2) is 11.1 Å². The summed E-state index contributed by atoms with van der Waals surface area (Å²) >= 11 is 5.72. The monoisotopic (exact) mass is 248 g/mol. The Morgan fingerprint density at radius 1 is 1.40 bits per heavy atom. The Labute approximate surface area is 96.2 Å². The molecule has 0 fully saturated rings. The average molecular weight is 249 g/mol. The van der Waals surface area contributed by atoms with E-state index in [0.29, 0.717) is 11.6 Å². The van der Waals surface area contributed by atoms with E-state index in [2.05, 4.69) is 4.72 Å². The Morgan fingerprint density at radius 3 is 2.53 bits per heavy atom. The molecule has 0 spiro atoms. The van der Waals surface area contributed by atoms with Crippen molar-refractivity contribution in [2.45, 2.75) is 19.1 Å². The van der Waals surface area contributed by atoms with E-state index >= 15 is 0 Å². The summed E-state index contributed by atoms with van der Waals surface area (Å²) < 4.78 is 23.8. The smallest absolute Gasteiger partial charge is 0.168 e. The van der Waals surface area contributed by atoms with Crippen LogP contribution in [0.3, 0.4) is 0 Å².